The van der Waals surface area contributed by atoms with Gasteiger partial charge in [0.15, 0.2) is 0 Å². The Morgan fingerprint density at radius 2 is 2.10 bits per heavy atom. The zero-order chi connectivity index (χ0) is 14.8. The fourth-order valence-electron chi connectivity index (χ4n) is 1.91. The molecule has 0 aliphatic heterocycles. The molecule has 1 unspecified atom stereocenters. The van der Waals surface area contributed by atoms with Crippen LogP contribution in [0.25, 0.3) is 0 Å². The molecule has 2 aromatic rings. The summed E-state index contributed by atoms with van der Waals surface area (Å²) in [6.45, 7) is 4.85. The lowest BCUT2D eigenvalue weighted by Gasteiger charge is -2.15. The molecule has 3 N–H and O–H groups in total. The van der Waals surface area contributed by atoms with Crippen LogP contribution in [0.2, 0.25) is 0 Å². The van der Waals surface area contributed by atoms with Crippen molar-refractivity contribution in [2.75, 3.05) is 0 Å². The van der Waals surface area contributed by atoms with E-state index in [1.807, 2.05) is 13.0 Å². The van der Waals surface area contributed by atoms with Crippen LogP contribution in [0.3, 0.4) is 0 Å². The molecule has 1 atom stereocenters. The minimum atomic E-state index is -3.65. The van der Waals surface area contributed by atoms with Gasteiger partial charge in [-0.05, 0) is 53.4 Å². The summed E-state index contributed by atoms with van der Waals surface area (Å²) in [6, 6.07) is 6.79. The highest BCUT2D eigenvalue weighted by Gasteiger charge is 2.11. The summed E-state index contributed by atoms with van der Waals surface area (Å²) in [6.07, 6.45) is 0. The summed E-state index contributed by atoms with van der Waals surface area (Å²) in [5, 5.41) is 12.8. The zero-order valence-electron chi connectivity index (χ0n) is 11.5. The Morgan fingerprint density at radius 1 is 1.35 bits per heavy atom. The molecular weight excluding hydrogens is 292 g/mol. The Balaban J connectivity index is 2.10. The smallest absolute Gasteiger partial charge is 0.238 e. The molecule has 1 aromatic carbocycles. The molecule has 0 spiro atoms. The van der Waals surface area contributed by atoms with E-state index in [0.29, 0.717) is 0 Å². The Morgan fingerprint density at radius 3 is 2.70 bits per heavy atom. The Kier molecular flexibility index (Phi) is 4.59. The number of nitrogens with two attached hydrogens (primary N) is 1. The van der Waals surface area contributed by atoms with E-state index in [2.05, 4.69) is 23.0 Å². The number of hydrogen-bond acceptors (Lipinski definition) is 4. The van der Waals surface area contributed by atoms with Crippen LogP contribution in [0.1, 0.15) is 29.7 Å². The zero-order valence-corrected chi connectivity index (χ0v) is 13.1. The maximum atomic E-state index is 11.4. The summed E-state index contributed by atoms with van der Waals surface area (Å²) in [4.78, 5) is 0.148. The summed E-state index contributed by atoms with van der Waals surface area (Å²) >= 11 is 1.68. The SMILES string of the molecule is Cc1cscc1CNC(C)c1cccc(S(N)(=O)=O)c1. The van der Waals surface area contributed by atoms with Crippen LogP contribution in [-0.2, 0) is 16.6 Å². The minimum Gasteiger partial charge on any atom is -0.306 e. The normalized spacial score (nSPS) is 13.3. The maximum absolute atomic E-state index is 11.4. The van der Waals surface area contributed by atoms with E-state index in [0.717, 1.165) is 12.1 Å². The lowest BCUT2D eigenvalue weighted by Crippen LogP contribution is -2.19. The molecule has 108 valence electrons. The first-order valence-corrected chi connectivity index (χ1v) is 8.74. The van der Waals surface area contributed by atoms with Gasteiger partial charge in [-0.1, -0.05) is 12.1 Å². The first-order chi connectivity index (χ1) is 9.38. The van der Waals surface area contributed by atoms with Crippen LogP contribution < -0.4 is 10.5 Å². The van der Waals surface area contributed by atoms with E-state index < -0.39 is 10.0 Å². The van der Waals surface area contributed by atoms with Crippen molar-refractivity contribution in [3.8, 4) is 0 Å². The largest absolute Gasteiger partial charge is 0.306 e. The predicted octanol–water partition coefficient (Wildman–Crippen LogP) is 2.55. The molecule has 1 heterocycles. The molecule has 6 heteroatoms. The average molecular weight is 310 g/mol. The molecule has 0 amide bonds. The maximum Gasteiger partial charge on any atom is 0.238 e. The van der Waals surface area contributed by atoms with Gasteiger partial charge in [0.05, 0.1) is 4.90 Å². The summed E-state index contributed by atoms with van der Waals surface area (Å²) in [7, 11) is -3.65. The summed E-state index contributed by atoms with van der Waals surface area (Å²) in [5.74, 6) is 0. The molecule has 0 saturated heterocycles. The molecular formula is C14H18N2O2S2. The van der Waals surface area contributed by atoms with Crippen molar-refractivity contribution < 1.29 is 8.42 Å². The number of rotatable bonds is 5. The van der Waals surface area contributed by atoms with Crippen LogP contribution >= 0.6 is 11.3 Å². The Bertz CT molecular complexity index is 693. The van der Waals surface area contributed by atoms with Gasteiger partial charge in [0.1, 0.15) is 0 Å². The second-order valence-electron chi connectivity index (χ2n) is 4.80. The second kappa shape index (κ2) is 6.05. The van der Waals surface area contributed by atoms with E-state index in [-0.39, 0.29) is 10.9 Å². The third-order valence-electron chi connectivity index (χ3n) is 3.25. The topological polar surface area (TPSA) is 72.2 Å². The third-order valence-corrected chi connectivity index (χ3v) is 5.07. The number of primary sulfonamides is 1. The lowest BCUT2D eigenvalue weighted by atomic mass is 10.1. The molecule has 1 aromatic heterocycles. The molecule has 0 bridgehead atoms. The van der Waals surface area contributed by atoms with Gasteiger partial charge in [-0.3, -0.25) is 0 Å². The van der Waals surface area contributed by atoms with Crippen molar-refractivity contribution in [1.29, 1.82) is 0 Å². The van der Waals surface area contributed by atoms with Crippen molar-refractivity contribution in [3.63, 3.8) is 0 Å². The van der Waals surface area contributed by atoms with Crippen LogP contribution in [0.15, 0.2) is 39.9 Å². The van der Waals surface area contributed by atoms with Gasteiger partial charge >= 0.3 is 0 Å². The molecule has 0 aliphatic rings. The summed E-state index contributed by atoms with van der Waals surface area (Å²) in [5.41, 5.74) is 3.45. The lowest BCUT2D eigenvalue weighted by molar-refractivity contribution is 0.572. The van der Waals surface area contributed by atoms with Crippen LogP contribution in [0, 0.1) is 6.92 Å². The van der Waals surface area contributed by atoms with Crippen molar-refractivity contribution >= 4 is 21.4 Å². The van der Waals surface area contributed by atoms with Crippen molar-refractivity contribution in [3.05, 3.63) is 51.7 Å². The summed E-state index contributed by atoms with van der Waals surface area (Å²) < 4.78 is 22.7. The van der Waals surface area contributed by atoms with E-state index in [1.165, 1.54) is 17.2 Å². The van der Waals surface area contributed by atoms with Gasteiger partial charge < -0.3 is 5.32 Å². The van der Waals surface area contributed by atoms with Crippen molar-refractivity contribution in [2.24, 2.45) is 5.14 Å². The monoisotopic (exact) mass is 310 g/mol. The quantitative estimate of drug-likeness (QED) is 0.891. The fraction of sp³-hybridized carbons (Fsp3) is 0.286. The highest BCUT2D eigenvalue weighted by molar-refractivity contribution is 7.89. The van der Waals surface area contributed by atoms with Crippen LogP contribution in [0.5, 0.6) is 0 Å². The number of benzene rings is 1. The minimum absolute atomic E-state index is 0.0519. The first kappa shape index (κ1) is 15.2. The van der Waals surface area contributed by atoms with Crippen LogP contribution in [-0.4, -0.2) is 8.42 Å². The molecule has 0 saturated carbocycles. The number of thiophene rings is 1. The van der Waals surface area contributed by atoms with Gasteiger partial charge in [-0.15, -0.1) is 0 Å². The van der Waals surface area contributed by atoms with E-state index in [4.69, 9.17) is 5.14 Å². The highest BCUT2D eigenvalue weighted by Crippen LogP contribution is 2.19. The molecule has 0 aliphatic carbocycles. The van der Waals surface area contributed by atoms with Crippen LogP contribution in [0.4, 0.5) is 0 Å². The second-order valence-corrected chi connectivity index (χ2v) is 7.11. The van der Waals surface area contributed by atoms with E-state index in [9.17, 15) is 8.42 Å². The van der Waals surface area contributed by atoms with Gasteiger partial charge in [-0.25, -0.2) is 13.6 Å². The molecule has 2 rings (SSSR count). The fourth-order valence-corrected chi connectivity index (χ4v) is 3.34. The van der Waals surface area contributed by atoms with Gasteiger partial charge in [0, 0.05) is 12.6 Å². The first-order valence-electron chi connectivity index (χ1n) is 6.26. The standard InChI is InChI=1S/C14H18N2O2S2/c1-10-8-19-9-13(10)7-16-11(2)12-4-3-5-14(6-12)20(15,17)18/h3-6,8-9,11,16H,7H2,1-2H3,(H2,15,17,18). The number of sulfonamides is 1. The highest BCUT2D eigenvalue weighted by atomic mass is 32.2. The Hall–Kier alpha value is -1.21. The van der Waals surface area contributed by atoms with Gasteiger partial charge in [-0.2, -0.15) is 11.3 Å². The molecule has 4 nitrogen and oxygen atoms in total. The number of hydrogen-bond donors (Lipinski definition) is 2. The van der Waals surface area contributed by atoms with Crippen molar-refractivity contribution in [2.45, 2.75) is 31.3 Å². The molecule has 0 radical (unpaired) electrons. The Labute approximate surface area is 123 Å². The molecule has 0 fully saturated rings. The van der Waals surface area contributed by atoms with Crippen molar-refractivity contribution in [1.82, 2.24) is 5.32 Å². The average Bonchev–Trinajstić information content (AvgIpc) is 2.81. The molecule has 20 heavy (non-hydrogen) atoms. The van der Waals surface area contributed by atoms with E-state index in [1.54, 1.807) is 23.5 Å². The number of nitrogens with one attached hydrogen (secondary N) is 1. The van der Waals surface area contributed by atoms with E-state index >= 15 is 0 Å². The predicted molar refractivity (Wildman–Crippen MR) is 82.1 cm³/mol. The third kappa shape index (κ3) is 3.67. The van der Waals surface area contributed by atoms with Gasteiger partial charge in [0.25, 0.3) is 0 Å². The number of aryl methyl sites for hydroxylation is 1. The van der Waals surface area contributed by atoms with Gasteiger partial charge in [0.2, 0.25) is 10.0 Å².